The highest BCUT2D eigenvalue weighted by Crippen LogP contribution is 2.59. The van der Waals surface area contributed by atoms with Crippen molar-refractivity contribution in [3.05, 3.63) is 0 Å². The Morgan fingerprint density at radius 3 is 2.58 bits per heavy atom. The average molecular weight is 262 g/mol. The summed E-state index contributed by atoms with van der Waals surface area (Å²) in [4.78, 5) is 2.63. The number of hydrogen-bond acceptors (Lipinski definition) is 3. The van der Waals surface area contributed by atoms with E-state index in [1.165, 1.54) is 70.3 Å². The first-order chi connectivity index (χ1) is 9.38. The highest BCUT2D eigenvalue weighted by molar-refractivity contribution is 5.92. The van der Waals surface area contributed by atoms with E-state index < -0.39 is 0 Å². The summed E-state index contributed by atoms with van der Waals surface area (Å²) in [5.41, 5.74) is 1.18. The first-order valence-electron chi connectivity index (χ1n) is 8.32. The first kappa shape index (κ1) is 12.2. The van der Waals surface area contributed by atoms with Crippen molar-refractivity contribution >= 4 is 5.71 Å². The summed E-state index contributed by atoms with van der Waals surface area (Å²) >= 11 is 0. The minimum Gasteiger partial charge on any atom is -0.411 e. The summed E-state index contributed by atoms with van der Waals surface area (Å²) in [7, 11) is 0. The van der Waals surface area contributed by atoms with Gasteiger partial charge >= 0.3 is 0 Å². The largest absolute Gasteiger partial charge is 0.411 e. The summed E-state index contributed by atoms with van der Waals surface area (Å²) in [5.74, 6) is 3.88. The van der Waals surface area contributed by atoms with E-state index in [2.05, 4.69) is 10.1 Å². The van der Waals surface area contributed by atoms with E-state index >= 15 is 0 Å². The average Bonchev–Trinajstić information content (AvgIpc) is 3.10. The molecule has 0 aromatic rings. The zero-order valence-electron chi connectivity index (χ0n) is 11.8. The van der Waals surface area contributed by atoms with Crippen LogP contribution in [0.1, 0.15) is 44.9 Å². The fraction of sp³-hybridized carbons (Fsp3) is 0.938. The minimum atomic E-state index is 0.576. The minimum absolute atomic E-state index is 0.576. The van der Waals surface area contributed by atoms with Crippen molar-refractivity contribution in [1.82, 2.24) is 4.90 Å². The van der Waals surface area contributed by atoms with Gasteiger partial charge in [-0.1, -0.05) is 18.0 Å². The van der Waals surface area contributed by atoms with Crippen LogP contribution in [0.5, 0.6) is 0 Å². The molecular formula is C16H26N2O. The quantitative estimate of drug-likeness (QED) is 0.613. The molecule has 19 heavy (non-hydrogen) atoms. The van der Waals surface area contributed by atoms with Crippen LogP contribution < -0.4 is 0 Å². The monoisotopic (exact) mass is 262 g/mol. The van der Waals surface area contributed by atoms with Crippen molar-refractivity contribution in [2.24, 2.45) is 34.7 Å². The third-order valence-corrected chi connectivity index (χ3v) is 6.51. The van der Waals surface area contributed by atoms with Crippen LogP contribution in [0.3, 0.4) is 0 Å². The lowest BCUT2D eigenvalue weighted by molar-refractivity contribution is 0.168. The lowest BCUT2D eigenvalue weighted by atomic mass is 9.74. The standard InChI is InChI=1S/C16H26N2O/c19-17-16-14-9-13(11-5-4-6-12(11)14)15(16)10-18-7-2-1-3-8-18/h11-15,19H,1-10H2/b17-16+/t11-,12+,13-,14+,15-/m1/s1. The Balaban J connectivity index is 1.51. The van der Waals surface area contributed by atoms with E-state index in [4.69, 9.17) is 0 Å². The van der Waals surface area contributed by atoms with Crippen LogP contribution in [-0.2, 0) is 0 Å². The molecule has 3 heteroatoms. The van der Waals surface area contributed by atoms with Crippen molar-refractivity contribution in [3.8, 4) is 0 Å². The maximum Gasteiger partial charge on any atom is 0.0651 e. The highest BCUT2D eigenvalue weighted by atomic mass is 16.4. The van der Waals surface area contributed by atoms with E-state index in [1.807, 2.05) is 0 Å². The Labute approximate surface area is 116 Å². The molecule has 0 aromatic heterocycles. The van der Waals surface area contributed by atoms with Crippen LogP contribution in [0.4, 0.5) is 0 Å². The number of nitrogens with zero attached hydrogens (tertiary/aromatic N) is 2. The van der Waals surface area contributed by atoms with Gasteiger partial charge in [0, 0.05) is 18.4 Å². The Morgan fingerprint density at radius 2 is 1.79 bits per heavy atom. The van der Waals surface area contributed by atoms with Crippen LogP contribution >= 0.6 is 0 Å². The van der Waals surface area contributed by atoms with Gasteiger partial charge in [-0.2, -0.15) is 0 Å². The molecule has 0 spiro atoms. The molecule has 1 heterocycles. The third kappa shape index (κ3) is 1.84. The lowest BCUT2D eigenvalue weighted by Crippen LogP contribution is -2.42. The molecule has 1 aliphatic heterocycles. The predicted molar refractivity (Wildman–Crippen MR) is 75.4 cm³/mol. The van der Waals surface area contributed by atoms with Gasteiger partial charge in [-0.15, -0.1) is 0 Å². The van der Waals surface area contributed by atoms with Gasteiger partial charge in [0.1, 0.15) is 0 Å². The number of likely N-dealkylation sites (tertiary alicyclic amines) is 1. The Morgan fingerprint density at radius 1 is 1.00 bits per heavy atom. The molecule has 106 valence electrons. The molecule has 2 bridgehead atoms. The second-order valence-electron chi connectivity index (χ2n) is 7.26. The fourth-order valence-electron chi connectivity index (χ4n) is 5.79. The second kappa shape index (κ2) is 4.76. The van der Waals surface area contributed by atoms with Crippen molar-refractivity contribution in [3.63, 3.8) is 0 Å². The zero-order chi connectivity index (χ0) is 12.8. The van der Waals surface area contributed by atoms with Crippen LogP contribution in [-0.4, -0.2) is 35.5 Å². The molecule has 3 saturated carbocycles. The third-order valence-electron chi connectivity index (χ3n) is 6.51. The number of hydrogen-bond donors (Lipinski definition) is 1. The molecule has 0 aromatic carbocycles. The predicted octanol–water partition coefficient (Wildman–Crippen LogP) is 2.98. The molecule has 5 atom stereocenters. The maximum absolute atomic E-state index is 9.48. The molecule has 3 nitrogen and oxygen atoms in total. The van der Waals surface area contributed by atoms with Crippen LogP contribution in [0.25, 0.3) is 0 Å². The van der Waals surface area contributed by atoms with E-state index in [0.717, 1.165) is 17.8 Å². The lowest BCUT2D eigenvalue weighted by Gasteiger charge is -2.36. The maximum atomic E-state index is 9.48. The molecule has 3 aliphatic carbocycles. The number of rotatable bonds is 2. The normalized spacial score (nSPS) is 48.0. The van der Waals surface area contributed by atoms with Gasteiger partial charge in [-0.05, 0) is 62.9 Å². The Kier molecular flexibility index (Phi) is 3.06. The van der Waals surface area contributed by atoms with Crippen LogP contribution in [0.15, 0.2) is 5.16 Å². The summed E-state index contributed by atoms with van der Waals surface area (Å²) < 4.78 is 0. The van der Waals surface area contributed by atoms with Crippen molar-refractivity contribution in [2.45, 2.75) is 44.9 Å². The van der Waals surface area contributed by atoms with Gasteiger partial charge in [0.05, 0.1) is 5.71 Å². The van der Waals surface area contributed by atoms with E-state index in [9.17, 15) is 5.21 Å². The SMILES string of the molecule is O/N=C1\[C@H]2C[C@H]([C@@H]3CCC[C@@H]32)[C@H]1CN1CCCCC1. The summed E-state index contributed by atoms with van der Waals surface area (Å²) in [6, 6.07) is 0. The van der Waals surface area contributed by atoms with Crippen molar-refractivity contribution < 1.29 is 5.21 Å². The van der Waals surface area contributed by atoms with E-state index in [-0.39, 0.29) is 0 Å². The molecule has 4 fully saturated rings. The Hall–Kier alpha value is -0.570. The van der Waals surface area contributed by atoms with Gasteiger partial charge in [0.25, 0.3) is 0 Å². The summed E-state index contributed by atoms with van der Waals surface area (Å²) in [5, 5.41) is 13.2. The molecule has 0 amide bonds. The molecule has 4 rings (SSSR count). The van der Waals surface area contributed by atoms with E-state index in [1.54, 1.807) is 0 Å². The fourth-order valence-corrected chi connectivity index (χ4v) is 5.79. The molecule has 1 N–H and O–H groups in total. The van der Waals surface area contributed by atoms with Gasteiger partial charge in [-0.3, -0.25) is 0 Å². The van der Waals surface area contributed by atoms with Gasteiger partial charge < -0.3 is 10.1 Å². The van der Waals surface area contributed by atoms with Gasteiger partial charge in [0.2, 0.25) is 0 Å². The van der Waals surface area contributed by atoms with Crippen LogP contribution in [0, 0.1) is 29.6 Å². The highest BCUT2D eigenvalue weighted by Gasteiger charge is 2.57. The molecule has 0 radical (unpaired) electrons. The summed E-state index contributed by atoms with van der Waals surface area (Å²) in [6.45, 7) is 3.70. The van der Waals surface area contributed by atoms with Gasteiger partial charge in [0.15, 0.2) is 0 Å². The number of oxime groups is 1. The Bertz CT molecular complexity index is 375. The summed E-state index contributed by atoms with van der Waals surface area (Å²) in [6.07, 6.45) is 9.70. The second-order valence-corrected chi connectivity index (χ2v) is 7.26. The van der Waals surface area contributed by atoms with E-state index in [0.29, 0.717) is 11.8 Å². The molecule has 0 unspecified atom stereocenters. The molecule has 1 saturated heterocycles. The smallest absolute Gasteiger partial charge is 0.0651 e. The number of fused-ring (bicyclic) bond motifs is 5. The van der Waals surface area contributed by atoms with Gasteiger partial charge in [-0.25, -0.2) is 0 Å². The van der Waals surface area contributed by atoms with Crippen LogP contribution in [0.2, 0.25) is 0 Å². The first-order valence-corrected chi connectivity index (χ1v) is 8.32. The molecular weight excluding hydrogens is 236 g/mol. The number of piperidine rings is 1. The van der Waals surface area contributed by atoms with Crippen molar-refractivity contribution in [1.29, 1.82) is 0 Å². The van der Waals surface area contributed by atoms with Crippen molar-refractivity contribution in [2.75, 3.05) is 19.6 Å². The molecule has 4 aliphatic rings. The topological polar surface area (TPSA) is 35.8 Å². The zero-order valence-corrected chi connectivity index (χ0v) is 11.8.